The number of ketones is 1. The minimum Gasteiger partial charge on any atom is -0.496 e. The molecule has 1 spiro atoms. The highest BCUT2D eigenvalue weighted by Gasteiger charge is 2.45. The number of hydrogen-bond acceptors (Lipinski definition) is 7. The molecule has 2 aliphatic heterocycles. The number of ether oxygens (including phenoxy) is 3. The van der Waals surface area contributed by atoms with Crippen LogP contribution in [0.4, 0.5) is 5.69 Å². The van der Waals surface area contributed by atoms with Gasteiger partial charge in [0.15, 0.2) is 5.78 Å². The maximum atomic E-state index is 12.9. The lowest BCUT2D eigenvalue weighted by Gasteiger charge is -2.44. The Morgan fingerprint density at radius 3 is 2.52 bits per heavy atom. The van der Waals surface area contributed by atoms with Crippen molar-refractivity contribution in [2.75, 3.05) is 27.3 Å². The van der Waals surface area contributed by atoms with Crippen LogP contribution in [0.3, 0.4) is 0 Å². The summed E-state index contributed by atoms with van der Waals surface area (Å²) in [5.41, 5.74) is -0.498. The van der Waals surface area contributed by atoms with Crippen molar-refractivity contribution in [2.45, 2.75) is 24.9 Å². The molecule has 0 radical (unpaired) electrons. The van der Waals surface area contributed by atoms with Crippen LogP contribution in [0.2, 0.25) is 0 Å². The highest BCUT2D eigenvalue weighted by atomic mass is 16.6. The highest BCUT2D eigenvalue weighted by Crippen LogP contribution is 2.44. The molecule has 0 atom stereocenters. The van der Waals surface area contributed by atoms with Crippen LogP contribution >= 0.6 is 0 Å². The van der Waals surface area contributed by atoms with E-state index >= 15 is 0 Å². The van der Waals surface area contributed by atoms with Gasteiger partial charge in [0.05, 0.1) is 25.6 Å². The van der Waals surface area contributed by atoms with Gasteiger partial charge in [-0.05, 0) is 6.07 Å². The minimum atomic E-state index is -0.735. The third-order valence-electron chi connectivity index (χ3n) is 5.88. The Morgan fingerprint density at radius 1 is 1.16 bits per heavy atom. The summed E-state index contributed by atoms with van der Waals surface area (Å²) in [6.07, 6.45) is 1.05. The summed E-state index contributed by atoms with van der Waals surface area (Å²) < 4.78 is 16.9. The predicted molar refractivity (Wildman–Crippen MR) is 110 cm³/mol. The van der Waals surface area contributed by atoms with Gasteiger partial charge in [0.2, 0.25) is 0 Å². The molecule has 1 amide bonds. The van der Waals surface area contributed by atoms with Gasteiger partial charge in [-0.2, -0.15) is 0 Å². The SMILES string of the molecule is COc1cc(OC)c2c(c1)OC1(CCN(C(=O)c3ccccc3[N+](=O)[O-])CC1)CC2=O. The first-order valence-electron chi connectivity index (χ1n) is 9.88. The highest BCUT2D eigenvalue weighted by molar-refractivity contribution is 6.03. The van der Waals surface area contributed by atoms with E-state index in [1.54, 1.807) is 23.1 Å². The summed E-state index contributed by atoms with van der Waals surface area (Å²) in [6, 6.07) is 9.22. The smallest absolute Gasteiger partial charge is 0.282 e. The molecular weight excluding hydrogens is 404 g/mol. The van der Waals surface area contributed by atoms with Crippen molar-refractivity contribution in [1.82, 2.24) is 4.90 Å². The van der Waals surface area contributed by atoms with E-state index in [1.807, 2.05) is 0 Å². The summed E-state index contributed by atoms with van der Waals surface area (Å²) in [5, 5.41) is 11.3. The zero-order valence-electron chi connectivity index (χ0n) is 17.3. The summed E-state index contributed by atoms with van der Waals surface area (Å²) in [6.45, 7) is 0.656. The maximum absolute atomic E-state index is 12.9. The molecule has 0 bridgehead atoms. The number of carbonyl (C=O) groups is 2. The number of Topliss-reactive ketones (excluding diaryl/α,β-unsaturated/α-hetero) is 1. The maximum Gasteiger partial charge on any atom is 0.282 e. The number of amides is 1. The van der Waals surface area contributed by atoms with Gasteiger partial charge in [-0.15, -0.1) is 0 Å². The lowest BCUT2D eigenvalue weighted by Crippen LogP contribution is -2.52. The van der Waals surface area contributed by atoms with Crippen LogP contribution in [-0.2, 0) is 0 Å². The largest absolute Gasteiger partial charge is 0.496 e. The molecule has 0 saturated carbocycles. The fraction of sp³-hybridized carbons (Fsp3) is 0.364. The molecule has 1 fully saturated rings. The molecule has 0 aliphatic carbocycles. The Morgan fingerprint density at radius 2 is 1.87 bits per heavy atom. The second-order valence-corrected chi connectivity index (χ2v) is 7.65. The van der Waals surface area contributed by atoms with Crippen LogP contribution in [-0.4, -0.2) is 54.4 Å². The number of nitro benzene ring substituents is 1. The zero-order chi connectivity index (χ0) is 22.2. The number of hydrogen-bond donors (Lipinski definition) is 0. The topological polar surface area (TPSA) is 108 Å². The molecule has 0 N–H and O–H groups in total. The van der Waals surface area contributed by atoms with Crippen molar-refractivity contribution < 1.29 is 28.7 Å². The van der Waals surface area contributed by atoms with Crippen LogP contribution < -0.4 is 14.2 Å². The monoisotopic (exact) mass is 426 g/mol. The van der Waals surface area contributed by atoms with Crippen molar-refractivity contribution >= 4 is 17.4 Å². The Kier molecular flexibility index (Phi) is 5.26. The summed E-state index contributed by atoms with van der Waals surface area (Å²) in [5.74, 6) is 0.848. The average molecular weight is 426 g/mol. The van der Waals surface area contributed by atoms with E-state index in [9.17, 15) is 19.7 Å². The predicted octanol–water partition coefficient (Wildman–Crippen LogP) is 3.25. The molecule has 2 aromatic carbocycles. The molecule has 162 valence electrons. The van der Waals surface area contributed by atoms with Crippen LogP contribution in [0.15, 0.2) is 36.4 Å². The first-order valence-corrected chi connectivity index (χ1v) is 9.88. The van der Waals surface area contributed by atoms with Crippen molar-refractivity contribution in [3.63, 3.8) is 0 Å². The number of nitrogens with zero attached hydrogens (tertiary/aromatic N) is 2. The van der Waals surface area contributed by atoms with Gasteiger partial charge in [0, 0.05) is 44.1 Å². The van der Waals surface area contributed by atoms with Gasteiger partial charge in [0.1, 0.15) is 34.0 Å². The van der Waals surface area contributed by atoms with Gasteiger partial charge in [0.25, 0.3) is 11.6 Å². The van der Waals surface area contributed by atoms with Gasteiger partial charge in [-0.25, -0.2) is 0 Å². The van der Waals surface area contributed by atoms with E-state index in [-0.39, 0.29) is 23.5 Å². The molecular formula is C22H22N2O7. The quantitative estimate of drug-likeness (QED) is 0.545. The molecule has 0 unspecified atom stereocenters. The number of carbonyl (C=O) groups excluding carboxylic acids is 2. The molecule has 2 aromatic rings. The Hall–Kier alpha value is -3.62. The van der Waals surface area contributed by atoms with E-state index in [4.69, 9.17) is 14.2 Å². The Labute approximate surface area is 178 Å². The van der Waals surface area contributed by atoms with E-state index in [2.05, 4.69) is 0 Å². The third kappa shape index (κ3) is 3.67. The van der Waals surface area contributed by atoms with Crippen molar-refractivity contribution in [1.29, 1.82) is 0 Å². The van der Waals surface area contributed by atoms with Gasteiger partial charge < -0.3 is 19.1 Å². The van der Waals surface area contributed by atoms with Crippen LogP contribution in [0.5, 0.6) is 17.2 Å². The van der Waals surface area contributed by atoms with E-state index < -0.39 is 16.4 Å². The van der Waals surface area contributed by atoms with Crippen molar-refractivity contribution in [3.8, 4) is 17.2 Å². The second kappa shape index (κ2) is 7.90. The number of methoxy groups -OCH3 is 2. The molecule has 9 heteroatoms. The molecule has 0 aromatic heterocycles. The zero-order valence-corrected chi connectivity index (χ0v) is 17.3. The van der Waals surface area contributed by atoms with Gasteiger partial charge in [-0.1, -0.05) is 12.1 Å². The minimum absolute atomic E-state index is 0.0592. The van der Waals surface area contributed by atoms with E-state index in [0.29, 0.717) is 48.7 Å². The number of nitro groups is 1. The summed E-state index contributed by atoms with van der Waals surface area (Å²) >= 11 is 0. The van der Waals surface area contributed by atoms with Crippen LogP contribution in [0.25, 0.3) is 0 Å². The molecule has 9 nitrogen and oxygen atoms in total. The third-order valence-corrected chi connectivity index (χ3v) is 5.88. The molecule has 2 heterocycles. The van der Waals surface area contributed by atoms with Gasteiger partial charge in [-0.3, -0.25) is 19.7 Å². The summed E-state index contributed by atoms with van der Waals surface area (Å²) in [7, 11) is 3.01. The molecule has 31 heavy (non-hydrogen) atoms. The first-order chi connectivity index (χ1) is 14.9. The van der Waals surface area contributed by atoms with Crippen molar-refractivity contribution in [2.24, 2.45) is 0 Å². The van der Waals surface area contributed by atoms with Crippen LogP contribution in [0.1, 0.15) is 40.0 Å². The number of para-hydroxylation sites is 1. The lowest BCUT2D eigenvalue weighted by atomic mass is 9.82. The molecule has 4 rings (SSSR count). The van der Waals surface area contributed by atoms with Gasteiger partial charge >= 0.3 is 0 Å². The summed E-state index contributed by atoms with van der Waals surface area (Å²) in [4.78, 5) is 38.1. The number of piperidine rings is 1. The number of fused-ring (bicyclic) bond motifs is 1. The van der Waals surface area contributed by atoms with E-state index in [0.717, 1.165) is 0 Å². The fourth-order valence-corrected chi connectivity index (χ4v) is 4.23. The number of likely N-dealkylation sites (tertiary alicyclic amines) is 1. The first kappa shape index (κ1) is 20.6. The van der Waals surface area contributed by atoms with Crippen LogP contribution in [0, 0.1) is 10.1 Å². The normalized spacial score (nSPS) is 17.0. The van der Waals surface area contributed by atoms with Crippen molar-refractivity contribution in [3.05, 3.63) is 57.6 Å². The Balaban J connectivity index is 1.55. The molecule has 2 aliphatic rings. The van der Waals surface area contributed by atoms with E-state index in [1.165, 1.54) is 32.4 Å². The second-order valence-electron chi connectivity index (χ2n) is 7.65. The number of benzene rings is 2. The lowest BCUT2D eigenvalue weighted by molar-refractivity contribution is -0.385. The fourth-order valence-electron chi connectivity index (χ4n) is 4.23. The molecule has 1 saturated heterocycles. The Bertz CT molecular complexity index is 1060. The standard InChI is InChI=1S/C22H22N2O7/c1-29-14-11-18(30-2)20-17(25)13-22(31-19(20)12-14)7-9-23(10-8-22)21(26)15-5-3-4-6-16(15)24(27)28/h3-6,11-12H,7-10,13H2,1-2H3. The number of rotatable bonds is 4. The average Bonchev–Trinajstić information content (AvgIpc) is 2.78.